The molecule has 0 radical (unpaired) electrons. The van der Waals surface area contributed by atoms with Gasteiger partial charge in [0.25, 0.3) is 0 Å². The number of rotatable bonds is 4. The van der Waals surface area contributed by atoms with Crippen molar-refractivity contribution in [1.29, 1.82) is 0 Å². The van der Waals surface area contributed by atoms with Crippen LogP contribution in [0.1, 0.15) is 44.6 Å². The second-order valence-corrected chi connectivity index (χ2v) is 6.51. The molecule has 0 bridgehead atoms. The van der Waals surface area contributed by atoms with Gasteiger partial charge in [-0.2, -0.15) is 0 Å². The highest BCUT2D eigenvalue weighted by Gasteiger charge is 2.23. The molecule has 1 heterocycles. The third kappa shape index (κ3) is 3.30. The third-order valence-electron chi connectivity index (χ3n) is 3.74. The molecule has 0 spiro atoms. The maximum Gasteiger partial charge on any atom is 0.0410 e. The summed E-state index contributed by atoms with van der Waals surface area (Å²) in [6.07, 6.45) is 6.67. The summed E-state index contributed by atoms with van der Waals surface area (Å²) in [5.41, 5.74) is 2.82. The van der Waals surface area contributed by atoms with E-state index in [1.54, 1.807) is 0 Å². The van der Waals surface area contributed by atoms with E-state index in [0.29, 0.717) is 0 Å². The van der Waals surface area contributed by atoms with Crippen LogP contribution < -0.4 is 4.90 Å². The lowest BCUT2D eigenvalue weighted by atomic mass is 9.96. The summed E-state index contributed by atoms with van der Waals surface area (Å²) >= 11 is 7.19. The Morgan fingerprint density at radius 3 is 2.89 bits per heavy atom. The Hall–Kier alpha value is -0.0200. The van der Waals surface area contributed by atoms with Gasteiger partial charge in [0.05, 0.1) is 0 Å². The third-order valence-corrected chi connectivity index (χ3v) is 4.84. The highest BCUT2D eigenvalue weighted by atomic mass is 79.9. The van der Waals surface area contributed by atoms with Gasteiger partial charge >= 0.3 is 0 Å². The van der Waals surface area contributed by atoms with Crippen LogP contribution in [0.3, 0.4) is 0 Å². The maximum atomic E-state index is 3.62. The zero-order valence-corrected chi connectivity index (χ0v) is 14.1. The van der Waals surface area contributed by atoms with Gasteiger partial charge in [-0.05, 0) is 49.4 Å². The van der Waals surface area contributed by atoms with Crippen LogP contribution in [-0.2, 0) is 5.33 Å². The standard InChI is InChI=1S/C15H21Br2N/c1-2-5-14-6-3-4-9-18(14)15-8-7-13(17)10-12(15)11-16/h7-8,10,14H,2-6,9,11H2,1H3. The Balaban J connectivity index is 2.27. The Bertz CT molecular complexity index is 390. The fourth-order valence-corrected chi connectivity index (χ4v) is 3.75. The summed E-state index contributed by atoms with van der Waals surface area (Å²) in [6, 6.07) is 7.41. The van der Waals surface area contributed by atoms with Crippen LogP contribution >= 0.6 is 31.9 Å². The SMILES string of the molecule is CCCC1CCCCN1c1ccc(Br)cc1CBr. The molecule has 0 N–H and O–H groups in total. The largest absolute Gasteiger partial charge is 0.368 e. The predicted octanol–water partition coefficient (Wildman–Crippen LogP) is 5.50. The molecule has 1 saturated heterocycles. The molecule has 1 aromatic rings. The summed E-state index contributed by atoms with van der Waals surface area (Å²) in [5.74, 6) is 0. The van der Waals surface area contributed by atoms with E-state index in [1.165, 1.54) is 54.4 Å². The highest BCUT2D eigenvalue weighted by Crippen LogP contribution is 2.32. The van der Waals surface area contributed by atoms with Gasteiger partial charge in [0.1, 0.15) is 0 Å². The molecule has 18 heavy (non-hydrogen) atoms. The maximum absolute atomic E-state index is 3.62. The zero-order chi connectivity index (χ0) is 13.0. The second kappa shape index (κ2) is 6.95. The lowest BCUT2D eigenvalue weighted by molar-refractivity contribution is 0.434. The number of alkyl halides is 1. The molecule has 0 aromatic heterocycles. The van der Waals surface area contributed by atoms with Gasteiger partial charge in [0, 0.05) is 28.1 Å². The van der Waals surface area contributed by atoms with Gasteiger partial charge in [0.2, 0.25) is 0 Å². The van der Waals surface area contributed by atoms with E-state index in [-0.39, 0.29) is 0 Å². The molecule has 1 aromatic carbocycles. The first-order valence-corrected chi connectivity index (χ1v) is 8.78. The Morgan fingerprint density at radius 1 is 1.33 bits per heavy atom. The van der Waals surface area contributed by atoms with E-state index in [2.05, 4.69) is 61.9 Å². The van der Waals surface area contributed by atoms with Gasteiger partial charge in [0.15, 0.2) is 0 Å². The molecule has 1 aliphatic heterocycles. The van der Waals surface area contributed by atoms with Crippen molar-refractivity contribution in [3.8, 4) is 0 Å². The molecule has 100 valence electrons. The van der Waals surface area contributed by atoms with Crippen molar-refractivity contribution >= 4 is 37.5 Å². The normalized spacial score (nSPS) is 20.2. The molecule has 2 rings (SSSR count). The zero-order valence-electron chi connectivity index (χ0n) is 11.0. The topological polar surface area (TPSA) is 3.24 Å². The molecule has 1 fully saturated rings. The Kier molecular flexibility index (Phi) is 5.56. The lowest BCUT2D eigenvalue weighted by Crippen LogP contribution is -2.40. The van der Waals surface area contributed by atoms with Crippen LogP contribution in [0, 0.1) is 0 Å². The van der Waals surface area contributed by atoms with Crippen molar-refractivity contribution in [2.75, 3.05) is 11.4 Å². The molecule has 1 unspecified atom stereocenters. The van der Waals surface area contributed by atoms with Crippen LogP contribution in [-0.4, -0.2) is 12.6 Å². The Morgan fingerprint density at radius 2 is 2.17 bits per heavy atom. The van der Waals surface area contributed by atoms with Gasteiger partial charge in [-0.15, -0.1) is 0 Å². The minimum Gasteiger partial charge on any atom is -0.368 e. The summed E-state index contributed by atoms with van der Waals surface area (Å²) in [6.45, 7) is 3.51. The average Bonchev–Trinajstić information content (AvgIpc) is 2.40. The van der Waals surface area contributed by atoms with E-state index >= 15 is 0 Å². The first-order valence-electron chi connectivity index (χ1n) is 6.87. The van der Waals surface area contributed by atoms with E-state index in [9.17, 15) is 0 Å². The number of hydrogen-bond acceptors (Lipinski definition) is 1. The second-order valence-electron chi connectivity index (χ2n) is 5.04. The molecule has 1 aliphatic rings. The van der Waals surface area contributed by atoms with E-state index in [0.717, 1.165) is 11.4 Å². The molecule has 0 aliphatic carbocycles. The van der Waals surface area contributed by atoms with Crippen molar-refractivity contribution in [2.24, 2.45) is 0 Å². The fraction of sp³-hybridized carbons (Fsp3) is 0.600. The van der Waals surface area contributed by atoms with Crippen molar-refractivity contribution in [2.45, 2.75) is 50.4 Å². The van der Waals surface area contributed by atoms with E-state index < -0.39 is 0 Å². The summed E-state index contributed by atoms with van der Waals surface area (Å²) in [7, 11) is 0. The monoisotopic (exact) mass is 373 g/mol. The van der Waals surface area contributed by atoms with Gasteiger partial charge < -0.3 is 4.90 Å². The summed E-state index contributed by atoms with van der Waals surface area (Å²) < 4.78 is 1.17. The molecule has 1 atom stereocenters. The summed E-state index contributed by atoms with van der Waals surface area (Å²) in [5, 5.41) is 0.928. The first kappa shape index (κ1) is 14.4. The average molecular weight is 375 g/mol. The van der Waals surface area contributed by atoms with E-state index in [1.807, 2.05) is 0 Å². The van der Waals surface area contributed by atoms with Gasteiger partial charge in [-0.25, -0.2) is 0 Å². The molecular weight excluding hydrogens is 354 g/mol. The number of anilines is 1. The number of hydrogen-bond donors (Lipinski definition) is 0. The quantitative estimate of drug-likeness (QED) is 0.628. The van der Waals surface area contributed by atoms with Gasteiger partial charge in [-0.3, -0.25) is 0 Å². The number of piperidine rings is 1. The minimum atomic E-state index is 0.739. The molecule has 0 amide bonds. The van der Waals surface area contributed by atoms with Crippen molar-refractivity contribution in [3.63, 3.8) is 0 Å². The first-order chi connectivity index (χ1) is 8.76. The van der Waals surface area contributed by atoms with Crippen LogP contribution in [0.15, 0.2) is 22.7 Å². The van der Waals surface area contributed by atoms with Crippen LogP contribution in [0.4, 0.5) is 5.69 Å². The summed E-state index contributed by atoms with van der Waals surface area (Å²) in [4.78, 5) is 2.63. The molecular formula is C15H21Br2N. The molecule has 1 nitrogen and oxygen atoms in total. The van der Waals surface area contributed by atoms with Crippen molar-refractivity contribution in [3.05, 3.63) is 28.2 Å². The number of nitrogens with zero attached hydrogens (tertiary/aromatic N) is 1. The minimum absolute atomic E-state index is 0.739. The smallest absolute Gasteiger partial charge is 0.0410 e. The molecule has 3 heteroatoms. The van der Waals surface area contributed by atoms with Crippen LogP contribution in [0.5, 0.6) is 0 Å². The Labute approximate surface area is 127 Å². The number of halogens is 2. The van der Waals surface area contributed by atoms with Crippen molar-refractivity contribution in [1.82, 2.24) is 0 Å². The number of benzene rings is 1. The lowest BCUT2D eigenvalue weighted by Gasteiger charge is -2.38. The molecule has 0 saturated carbocycles. The van der Waals surface area contributed by atoms with Gasteiger partial charge in [-0.1, -0.05) is 45.2 Å². The van der Waals surface area contributed by atoms with Crippen molar-refractivity contribution < 1.29 is 0 Å². The fourth-order valence-electron chi connectivity index (χ4n) is 2.89. The van der Waals surface area contributed by atoms with Crippen LogP contribution in [0.2, 0.25) is 0 Å². The van der Waals surface area contributed by atoms with Crippen LogP contribution in [0.25, 0.3) is 0 Å². The predicted molar refractivity (Wildman–Crippen MR) is 86.7 cm³/mol. The van der Waals surface area contributed by atoms with E-state index in [4.69, 9.17) is 0 Å². The highest BCUT2D eigenvalue weighted by molar-refractivity contribution is 9.10.